The molecule has 4 N–H and O–H groups in total. The van der Waals surface area contributed by atoms with Gasteiger partial charge in [0, 0.05) is 11.4 Å². The van der Waals surface area contributed by atoms with Crippen molar-refractivity contribution < 1.29 is 18.7 Å². The largest absolute Gasteiger partial charge is 0.467 e. The maximum Gasteiger partial charge on any atom is 0.340 e. The number of nitrogens with one attached hydrogen (secondary N) is 2. The molecule has 0 fully saturated rings. The van der Waals surface area contributed by atoms with Crippen molar-refractivity contribution in [1.82, 2.24) is 5.32 Å². The van der Waals surface area contributed by atoms with Gasteiger partial charge >= 0.3 is 5.97 Å². The monoisotopic (exact) mass is 397 g/mol. The molecule has 9 heteroatoms. The molecular formula is C17H20ClN3O4S. The Morgan fingerprint density at radius 3 is 2.85 bits per heavy atom. The topological polar surface area (TPSA) is 107 Å². The lowest BCUT2D eigenvalue weighted by Crippen LogP contribution is -2.29. The molecule has 1 aromatic carbocycles. The fraction of sp³-hybridized carbons (Fsp3) is 0.294. The molecular weight excluding hydrogens is 378 g/mol. The van der Waals surface area contributed by atoms with Gasteiger partial charge in [-0.05, 0) is 42.6 Å². The number of benzene rings is 1. The van der Waals surface area contributed by atoms with Gasteiger partial charge in [0.25, 0.3) is 5.91 Å². The summed E-state index contributed by atoms with van der Waals surface area (Å²) in [4.78, 5) is 24.6. The van der Waals surface area contributed by atoms with Crippen LogP contribution in [0.25, 0.3) is 0 Å². The number of halogens is 1. The molecule has 0 saturated carbocycles. The van der Waals surface area contributed by atoms with E-state index in [4.69, 9.17) is 25.9 Å². The Morgan fingerprint density at radius 2 is 2.19 bits per heavy atom. The van der Waals surface area contributed by atoms with Crippen LogP contribution >= 0.6 is 23.5 Å². The van der Waals surface area contributed by atoms with Crippen LogP contribution in [-0.4, -0.2) is 25.0 Å². The Morgan fingerprint density at radius 1 is 1.38 bits per heavy atom. The first kappa shape index (κ1) is 20.2. The fourth-order valence-electron chi connectivity index (χ4n) is 2.08. The summed E-state index contributed by atoms with van der Waals surface area (Å²) in [5, 5.41) is 11.7. The van der Waals surface area contributed by atoms with E-state index in [9.17, 15) is 9.59 Å². The van der Waals surface area contributed by atoms with E-state index in [1.165, 1.54) is 6.07 Å². The normalized spacial score (nSPS) is 10.4. The Balaban J connectivity index is 2.12. The van der Waals surface area contributed by atoms with E-state index in [0.29, 0.717) is 34.5 Å². The first-order valence-electron chi connectivity index (χ1n) is 7.95. The minimum Gasteiger partial charge on any atom is -0.467 e. The molecule has 0 saturated heterocycles. The average Bonchev–Trinajstić information content (AvgIpc) is 3.16. The third-order valence-electron chi connectivity index (χ3n) is 3.36. The smallest absolute Gasteiger partial charge is 0.340 e. The molecule has 0 radical (unpaired) electrons. The second kappa shape index (κ2) is 10.1. The predicted molar refractivity (Wildman–Crippen MR) is 101 cm³/mol. The van der Waals surface area contributed by atoms with Crippen LogP contribution in [0.5, 0.6) is 0 Å². The number of carbonyl (C=O) groups excluding carboxylic acids is 2. The Labute approximate surface area is 160 Å². The Kier molecular flexibility index (Phi) is 7.83. The van der Waals surface area contributed by atoms with E-state index in [1.54, 1.807) is 24.5 Å². The highest BCUT2D eigenvalue weighted by molar-refractivity contribution is 7.97. The van der Waals surface area contributed by atoms with Gasteiger partial charge < -0.3 is 19.8 Å². The van der Waals surface area contributed by atoms with Gasteiger partial charge in [-0.1, -0.05) is 18.5 Å². The molecule has 0 aliphatic heterocycles. The van der Waals surface area contributed by atoms with Crippen LogP contribution in [0.2, 0.25) is 5.02 Å². The van der Waals surface area contributed by atoms with Gasteiger partial charge in [-0.15, -0.1) is 0 Å². The minimum atomic E-state index is -0.648. The maximum absolute atomic E-state index is 12.4. The SMILES string of the molecule is CCCNC(=O)COC(=O)c1cc(SN)c(Cl)cc1NCc1ccco1. The van der Waals surface area contributed by atoms with E-state index >= 15 is 0 Å². The lowest BCUT2D eigenvalue weighted by Gasteiger charge is -2.13. The highest BCUT2D eigenvalue weighted by Crippen LogP contribution is 2.31. The number of hydrogen-bond donors (Lipinski definition) is 3. The average molecular weight is 398 g/mol. The molecule has 0 unspecified atom stereocenters. The Bertz CT molecular complexity index is 753. The number of furan rings is 1. The number of hydrogen-bond acceptors (Lipinski definition) is 7. The van der Waals surface area contributed by atoms with Gasteiger partial charge in [-0.2, -0.15) is 0 Å². The molecule has 0 bridgehead atoms. The van der Waals surface area contributed by atoms with Crippen molar-refractivity contribution >= 4 is 41.1 Å². The van der Waals surface area contributed by atoms with E-state index < -0.39 is 5.97 Å². The highest BCUT2D eigenvalue weighted by atomic mass is 35.5. The molecule has 140 valence electrons. The van der Waals surface area contributed by atoms with Gasteiger partial charge in [0.1, 0.15) is 5.76 Å². The van der Waals surface area contributed by atoms with Crippen molar-refractivity contribution in [2.75, 3.05) is 18.5 Å². The number of anilines is 1. The van der Waals surface area contributed by atoms with Crippen LogP contribution in [0.4, 0.5) is 5.69 Å². The van der Waals surface area contributed by atoms with E-state index in [1.807, 2.05) is 6.92 Å². The van der Waals surface area contributed by atoms with Gasteiger partial charge in [-0.3, -0.25) is 9.93 Å². The molecule has 7 nitrogen and oxygen atoms in total. The van der Waals surface area contributed by atoms with Crippen molar-refractivity contribution in [3.05, 3.63) is 46.9 Å². The number of ether oxygens (including phenoxy) is 1. The predicted octanol–water partition coefficient (Wildman–Crippen LogP) is 3.19. The van der Waals surface area contributed by atoms with Gasteiger partial charge in [0.15, 0.2) is 6.61 Å². The minimum absolute atomic E-state index is 0.234. The molecule has 26 heavy (non-hydrogen) atoms. The summed E-state index contributed by atoms with van der Waals surface area (Å²) >= 11 is 7.09. The van der Waals surface area contributed by atoms with Crippen LogP contribution in [0, 0.1) is 0 Å². The summed E-state index contributed by atoms with van der Waals surface area (Å²) in [7, 11) is 0. The van der Waals surface area contributed by atoms with Crippen molar-refractivity contribution in [2.45, 2.75) is 24.8 Å². The summed E-state index contributed by atoms with van der Waals surface area (Å²) in [6.45, 7) is 2.46. The second-order valence-electron chi connectivity index (χ2n) is 5.31. The summed E-state index contributed by atoms with van der Waals surface area (Å²) in [6.07, 6.45) is 2.36. The quantitative estimate of drug-likeness (QED) is 0.440. The fourth-order valence-corrected chi connectivity index (χ4v) is 2.73. The van der Waals surface area contributed by atoms with Crippen LogP contribution in [0.1, 0.15) is 29.5 Å². The zero-order valence-electron chi connectivity index (χ0n) is 14.2. The van der Waals surface area contributed by atoms with E-state index in [-0.39, 0.29) is 18.1 Å². The molecule has 2 rings (SSSR count). The third-order valence-corrected chi connectivity index (χ3v) is 4.38. The van der Waals surface area contributed by atoms with Crippen molar-refractivity contribution in [3.8, 4) is 0 Å². The van der Waals surface area contributed by atoms with Gasteiger partial charge in [0.2, 0.25) is 0 Å². The van der Waals surface area contributed by atoms with Crippen LogP contribution in [0.3, 0.4) is 0 Å². The second-order valence-corrected chi connectivity index (χ2v) is 6.39. The summed E-state index contributed by atoms with van der Waals surface area (Å²) in [5.41, 5.74) is 0.695. The summed E-state index contributed by atoms with van der Waals surface area (Å²) in [6, 6.07) is 6.69. The van der Waals surface area contributed by atoms with Crippen LogP contribution < -0.4 is 15.8 Å². The number of rotatable bonds is 9. The van der Waals surface area contributed by atoms with Crippen molar-refractivity contribution in [3.63, 3.8) is 0 Å². The van der Waals surface area contributed by atoms with E-state index in [2.05, 4.69) is 10.6 Å². The molecule has 1 heterocycles. The molecule has 0 spiro atoms. The van der Waals surface area contributed by atoms with Crippen molar-refractivity contribution in [2.24, 2.45) is 5.14 Å². The number of nitrogens with two attached hydrogens (primary N) is 1. The molecule has 2 aromatic rings. The highest BCUT2D eigenvalue weighted by Gasteiger charge is 2.18. The third kappa shape index (κ3) is 5.69. The molecule has 1 amide bonds. The standard InChI is InChI=1S/C17H20ClN3O4S/c1-2-5-20-16(22)10-25-17(23)12-7-15(26-19)13(18)8-14(12)21-9-11-4-3-6-24-11/h3-4,6-8,21H,2,5,9-10,19H2,1H3,(H,20,22). The van der Waals surface area contributed by atoms with Crippen LogP contribution in [0.15, 0.2) is 39.8 Å². The summed E-state index contributed by atoms with van der Waals surface area (Å²) in [5.74, 6) is -0.310. The van der Waals surface area contributed by atoms with Crippen molar-refractivity contribution in [1.29, 1.82) is 0 Å². The zero-order chi connectivity index (χ0) is 18.9. The number of amides is 1. The maximum atomic E-state index is 12.4. The molecule has 1 aromatic heterocycles. The molecule has 0 aliphatic carbocycles. The first-order valence-corrected chi connectivity index (χ1v) is 9.21. The van der Waals surface area contributed by atoms with Crippen LogP contribution in [-0.2, 0) is 16.1 Å². The number of carbonyl (C=O) groups is 2. The van der Waals surface area contributed by atoms with Gasteiger partial charge in [-0.25, -0.2) is 4.79 Å². The summed E-state index contributed by atoms with van der Waals surface area (Å²) < 4.78 is 10.4. The number of esters is 1. The first-order chi connectivity index (χ1) is 12.5. The Hall–Kier alpha value is -2.16. The molecule has 0 aliphatic rings. The molecule has 0 atom stereocenters. The lowest BCUT2D eigenvalue weighted by atomic mass is 10.1. The zero-order valence-corrected chi connectivity index (χ0v) is 15.8. The van der Waals surface area contributed by atoms with Gasteiger partial charge in [0.05, 0.1) is 29.1 Å². The van der Waals surface area contributed by atoms with E-state index in [0.717, 1.165) is 18.4 Å². The lowest BCUT2D eigenvalue weighted by molar-refractivity contribution is -0.124.